The Bertz CT molecular complexity index is 267. The largest absolute Gasteiger partial charge is 0.374 e. The Kier molecular flexibility index (Phi) is 2.75. The predicted octanol–water partition coefficient (Wildman–Crippen LogP) is 0.662. The molecular weight excluding hydrogens is 184 g/mol. The lowest BCUT2D eigenvalue weighted by molar-refractivity contribution is 0.375. The van der Waals surface area contributed by atoms with Gasteiger partial charge in [0.2, 0.25) is 5.13 Å². The molecule has 2 heterocycles. The van der Waals surface area contributed by atoms with Crippen LogP contribution in [0, 0.1) is 5.92 Å². The molecule has 1 aliphatic heterocycles. The van der Waals surface area contributed by atoms with E-state index in [1.54, 1.807) is 0 Å². The van der Waals surface area contributed by atoms with Crippen molar-refractivity contribution in [1.82, 2.24) is 15.5 Å². The molecule has 1 aromatic heterocycles. The summed E-state index contributed by atoms with van der Waals surface area (Å²) < 4.78 is 0. The summed E-state index contributed by atoms with van der Waals surface area (Å²) in [6.07, 6.45) is 3.60. The Morgan fingerprint density at radius 1 is 1.54 bits per heavy atom. The van der Waals surface area contributed by atoms with Crippen molar-refractivity contribution < 1.29 is 0 Å². The van der Waals surface area contributed by atoms with Crippen molar-refractivity contribution >= 4 is 16.5 Å². The second-order valence-electron chi connectivity index (χ2n) is 3.45. The average molecular weight is 198 g/mol. The number of hydrogen-bond donors (Lipinski definition) is 2. The maximum Gasteiger partial charge on any atom is 0.203 e. The van der Waals surface area contributed by atoms with Crippen LogP contribution in [0.25, 0.3) is 0 Å². The van der Waals surface area contributed by atoms with Gasteiger partial charge in [0.15, 0.2) is 0 Å². The minimum Gasteiger partial charge on any atom is -0.374 e. The van der Waals surface area contributed by atoms with Gasteiger partial charge in [-0.15, -0.1) is 10.2 Å². The normalized spacial score (nSPS) is 23.2. The van der Waals surface area contributed by atoms with Crippen molar-refractivity contribution in [2.75, 3.05) is 18.8 Å². The Hall–Kier alpha value is -0.680. The summed E-state index contributed by atoms with van der Waals surface area (Å²) in [5.41, 5.74) is 5.51. The third kappa shape index (κ3) is 2.38. The molecule has 1 saturated heterocycles. The fourth-order valence-electron chi connectivity index (χ4n) is 1.69. The van der Waals surface area contributed by atoms with Gasteiger partial charge in [-0.1, -0.05) is 11.3 Å². The number of aromatic nitrogens is 2. The van der Waals surface area contributed by atoms with E-state index in [-0.39, 0.29) is 0 Å². The van der Waals surface area contributed by atoms with Gasteiger partial charge in [0, 0.05) is 6.42 Å². The highest BCUT2D eigenvalue weighted by atomic mass is 32.1. The van der Waals surface area contributed by atoms with Gasteiger partial charge in [0.25, 0.3) is 0 Å². The van der Waals surface area contributed by atoms with E-state index < -0.39 is 0 Å². The Balaban J connectivity index is 1.89. The van der Waals surface area contributed by atoms with Crippen LogP contribution in [0.15, 0.2) is 0 Å². The van der Waals surface area contributed by atoms with E-state index in [1.165, 1.54) is 24.2 Å². The molecule has 1 aromatic rings. The van der Waals surface area contributed by atoms with E-state index in [4.69, 9.17) is 5.73 Å². The minimum atomic E-state index is 0.582. The zero-order valence-corrected chi connectivity index (χ0v) is 8.31. The molecule has 1 fully saturated rings. The van der Waals surface area contributed by atoms with Gasteiger partial charge in [0.1, 0.15) is 5.01 Å². The summed E-state index contributed by atoms with van der Waals surface area (Å²) in [5.74, 6) is 0.723. The highest BCUT2D eigenvalue weighted by molar-refractivity contribution is 7.15. The molecule has 0 amide bonds. The quantitative estimate of drug-likeness (QED) is 0.733. The van der Waals surface area contributed by atoms with Crippen LogP contribution in [0.4, 0.5) is 5.13 Å². The van der Waals surface area contributed by atoms with Crippen LogP contribution in [-0.4, -0.2) is 23.3 Å². The van der Waals surface area contributed by atoms with E-state index in [1.807, 2.05) is 0 Å². The van der Waals surface area contributed by atoms with Gasteiger partial charge in [0.05, 0.1) is 0 Å². The zero-order chi connectivity index (χ0) is 9.10. The number of nitrogen functional groups attached to an aromatic ring is 1. The molecule has 0 aromatic carbocycles. The lowest BCUT2D eigenvalue weighted by Crippen LogP contribution is -2.30. The topological polar surface area (TPSA) is 63.8 Å². The summed E-state index contributed by atoms with van der Waals surface area (Å²) in [6.45, 7) is 2.27. The summed E-state index contributed by atoms with van der Waals surface area (Å²) >= 11 is 1.51. The third-order valence-electron chi connectivity index (χ3n) is 2.34. The molecule has 5 heteroatoms. The average Bonchev–Trinajstić information content (AvgIpc) is 2.53. The van der Waals surface area contributed by atoms with Crippen LogP contribution >= 0.6 is 11.3 Å². The zero-order valence-electron chi connectivity index (χ0n) is 7.49. The minimum absolute atomic E-state index is 0.582. The second-order valence-corrected chi connectivity index (χ2v) is 4.54. The maximum atomic E-state index is 5.51. The number of rotatable bonds is 2. The number of nitrogens with zero attached hydrogens (tertiary/aromatic N) is 2. The molecule has 1 atom stereocenters. The van der Waals surface area contributed by atoms with E-state index in [0.29, 0.717) is 5.13 Å². The van der Waals surface area contributed by atoms with Crippen molar-refractivity contribution in [3.63, 3.8) is 0 Å². The smallest absolute Gasteiger partial charge is 0.203 e. The fraction of sp³-hybridized carbons (Fsp3) is 0.750. The van der Waals surface area contributed by atoms with Crippen LogP contribution in [0.2, 0.25) is 0 Å². The first-order chi connectivity index (χ1) is 6.34. The summed E-state index contributed by atoms with van der Waals surface area (Å²) in [5, 5.41) is 12.9. The van der Waals surface area contributed by atoms with Crippen LogP contribution in [0.1, 0.15) is 17.8 Å². The monoisotopic (exact) mass is 198 g/mol. The fourth-order valence-corrected chi connectivity index (χ4v) is 2.42. The number of piperidine rings is 1. The molecule has 0 saturated carbocycles. The van der Waals surface area contributed by atoms with Crippen molar-refractivity contribution in [2.24, 2.45) is 5.92 Å². The Morgan fingerprint density at radius 3 is 3.08 bits per heavy atom. The summed E-state index contributed by atoms with van der Waals surface area (Å²) in [7, 11) is 0. The van der Waals surface area contributed by atoms with Gasteiger partial charge in [-0.2, -0.15) is 0 Å². The maximum absolute atomic E-state index is 5.51. The molecule has 1 unspecified atom stereocenters. The van der Waals surface area contributed by atoms with E-state index in [2.05, 4.69) is 15.5 Å². The predicted molar refractivity (Wildman–Crippen MR) is 53.6 cm³/mol. The Labute approximate surface area is 81.6 Å². The van der Waals surface area contributed by atoms with Crippen molar-refractivity contribution in [1.29, 1.82) is 0 Å². The van der Waals surface area contributed by atoms with Crippen LogP contribution in [0.3, 0.4) is 0 Å². The van der Waals surface area contributed by atoms with Crippen LogP contribution in [-0.2, 0) is 6.42 Å². The third-order valence-corrected chi connectivity index (χ3v) is 3.12. The standard InChI is InChI=1S/C8H14N4S/c9-8-12-11-7(13-8)4-6-2-1-3-10-5-6/h6,10H,1-5H2,(H2,9,12). The van der Waals surface area contributed by atoms with Crippen molar-refractivity contribution in [2.45, 2.75) is 19.3 Å². The molecule has 4 nitrogen and oxygen atoms in total. The van der Waals surface area contributed by atoms with Gasteiger partial charge in [-0.05, 0) is 31.8 Å². The van der Waals surface area contributed by atoms with Crippen molar-refractivity contribution in [3.8, 4) is 0 Å². The van der Waals surface area contributed by atoms with Crippen LogP contribution < -0.4 is 11.1 Å². The van der Waals surface area contributed by atoms with Gasteiger partial charge in [-0.3, -0.25) is 0 Å². The molecule has 0 aliphatic carbocycles. The number of nitrogens with two attached hydrogens (primary N) is 1. The SMILES string of the molecule is Nc1nnc(CC2CCCNC2)s1. The number of hydrogen-bond acceptors (Lipinski definition) is 5. The molecule has 0 radical (unpaired) electrons. The first-order valence-corrected chi connectivity index (χ1v) is 5.45. The second kappa shape index (κ2) is 4.02. The first kappa shape index (κ1) is 8.90. The molecule has 0 spiro atoms. The molecule has 3 N–H and O–H groups in total. The molecule has 0 bridgehead atoms. The summed E-state index contributed by atoms with van der Waals surface area (Å²) in [6, 6.07) is 0. The number of anilines is 1. The molecule has 2 rings (SSSR count). The number of nitrogens with one attached hydrogen (secondary N) is 1. The van der Waals surface area contributed by atoms with Crippen molar-refractivity contribution in [3.05, 3.63) is 5.01 Å². The highest BCUT2D eigenvalue weighted by Gasteiger charge is 2.15. The van der Waals surface area contributed by atoms with Crippen LogP contribution in [0.5, 0.6) is 0 Å². The highest BCUT2D eigenvalue weighted by Crippen LogP contribution is 2.19. The van der Waals surface area contributed by atoms with Gasteiger partial charge in [-0.25, -0.2) is 0 Å². The Morgan fingerprint density at radius 2 is 2.46 bits per heavy atom. The van der Waals surface area contributed by atoms with Gasteiger partial charge >= 0.3 is 0 Å². The molecule has 1 aliphatic rings. The first-order valence-electron chi connectivity index (χ1n) is 4.63. The van der Waals surface area contributed by atoms with E-state index >= 15 is 0 Å². The van der Waals surface area contributed by atoms with E-state index in [9.17, 15) is 0 Å². The lowest BCUT2D eigenvalue weighted by atomic mass is 9.97. The lowest BCUT2D eigenvalue weighted by Gasteiger charge is -2.21. The molecule has 13 heavy (non-hydrogen) atoms. The van der Waals surface area contributed by atoms with E-state index in [0.717, 1.165) is 30.4 Å². The molecular formula is C8H14N4S. The summed E-state index contributed by atoms with van der Waals surface area (Å²) in [4.78, 5) is 0. The molecule has 72 valence electrons. The van der Waals surface area contributed by atoms with Gasteiger partial charge < -0.3 is 11.1 Å².